The molecule has 0 unspecified atom stereocenters. The number of carbonyl (C=O) groups excluding carboxylic acids is 1. The lowest BCUT2D eigenvalue weighted by Gasteiger charge is -2.20. The van der Waals surface area contributed by atoms with Crippen molar-refractivity contribution in [2.24, 2.45) is 5.73 Å². The van der Waals surface area contributed by atoms with Gasteiger partial charge in [0.15, 0.2) is 9.84 Å². The van der Waals surface area contributed by atoms with Gasteiger partial charge in [-0.25, -0.2) is 8.42 Å². The molecule has 0 bridgehead atoms. The van der Waals surface area contributed by atoms with Crippen LogP contribution < -0.4 is 5.73 Å². The van der Waals surface area contributed by atoms with E-state index in [4.69, 9.17) is 5.73 Å². The average molecular weight is 191 g/mol. The van der Waals surface area contributed by atoms with Crippen molar-refractivity contribution in [1.82, 2.24) is 0 Å². The molecule has 4 nitrogen and oxygen atoms in total. The Balaban J connectivity index is 3.01. The third kappa shape index (κ3) is 1.22. The molecule has 1 aliphatic rings. The van der Waals surface area contributed by atoms with E-state index in [1.807, 2.05) is 0 Å². The minimum atomic E-state index is -3.34. The predicted molar refractivity (Wildman–Crippen MR) is 45.2 cm³/mol. The van der Waals surface area contributed by atoms with Gasteiger partial charge in [-0.1, -0.05) is 0 Å². The number of sulfone groups is 1. The molecule has 1 amide bonds. The maximum absolute atomic E-state index is 11.6. The predicted octanol–water partition coefficient (Wildman–Crippen LogP) is -0.173. The highest BCUT2D eigenvalue weighted by Crippen LogP contribution is 2.35. The van der Waals surface area contributed by atoms with Crippen LogP contribution in [0.5, 0.6) is 0 Å². The van der Waals surface area contributed by atoms with Crippen LogP contribution in [0.2, 0.25) is 0 Å². The Labute approximate surface area is 72.0 Å². The van der Waals surface area contributed by atoms with Crippen LogP contribution in [0.25, 0.3) is 0 Å². The normalized spacial score (nSPS) is 19.2. The second-order valence-corrected chi connectivity index (χ2v) is 6.40. The van der Waals surface area contributed by atoms with Crippen LogP contribution in [0.4, 0.5) is 0 Å². The summed E-state index contributed by atoms with van der Waals surface area (Å²) in [5, 5.41) is -0.333. The third-order valence-electron chi connectivity index (χ3n) is 2.27. The van der Waals surface area contributed by atoms with Gasteiger partial charge in [0.1, 0.15) is 4.75 Å². The topological polar surface area (TPSA) is 77.2 Å². The molecular weight excluding hydrogens is 178 g/mol. The first-order valence-electron chi connectivity index (χ1n) is 3.83. The molecule has 2 N–H and O–H groups in total. The molecule has 1 rings (SSSR count). The van der Waals surface area contributed by atoms with Crippen molar-refractivity contribution in [2.75, 3.05) is 0 Å². The van der Waals surface area contributed by atoms with E-state index in [0.717, 1.165) is 0 Å². The molecule has 70 valence electrons. The summed E-state index contributed by atoms with van der Waals surface area (Å²) in [6.07, 6.45) is 1.33. The highest BCUT2D eigenvalue weighted by atomic mass is 32.2. The number of rotatable bonds is 3. The molecular formula is C7H13NO3S. The molecule has 0 heterocycles. The Morgan fingerprint density at radius 3 is 2.08 bits per heavy atom. The fraction of sp³-hybridized carbons (Fsp3) is 0.857. The van der Waals surface area contributed by atoms with E-state index in [1.54, 1.807) is 0 Å². The van der Waals surface area contributed by atoms with Crippen LogP contribution in [-0.4, -0.2) is 24.3 Å². The van der Waals surface area contributed by atoms with E-state index in [9.17, 15) is 13.2 Å². The van der Waals surface area contributed by atoms with Crippen molar-refractivity contribution in [3.8, 4) is 0 Å². The largest absolute Gasteiger partial charge is 0.368 e. The summed E-state index contributed by atoms with van der Waals surface area (Å²) in [5.74, 6) is -0.769. The molecule has 0 aromatic carbocycles. The van der Waals surface area contributed by atoms with Gasteiger partial charge < -0.3 is 5.73 Å². The Morgan fingerprint density at radius 1 is 1.42 bits per heavy atom. The van der Waals surface area contributed by atoms with Gasteiger partial charge in [0.2, 0.25) is 5.91 Å². The van der Waals surface area contributed by atoms with E-state index in [1.165, 1.54) is 13.8 Å². The van der Waals surface area contributed by atoms with E-state index >= 15 is 0 Å². The number of hydrogen-bond donors (Lipinski definition) is 1. The fourth-order valence-electron chi connectivity index (χ4n) is 0.935. The van der Waals surface area contributed by atoms with Crippen LogP contribution in [0, 0.1) is 0 Å². The summed E-state index contributed by atoms with van der Waals surface area (Å²) in [4.78, 5) is 10.8. The molecule has 0 aliphatic heterocycles. The Bertz CT molecular complexity index is 301. The van der Waals surface area contributed by atoms with Crippen LogP contribution in [0.15, 0.2) is 0 Å². The van der Waals surface area contributed by atoms with Gasteiger partial charge in [-0.3, -0.25) is 4.79 Å². The SMILES string of the molecule is CC(C)(C(N)=O)S(=O)(=O)C1CC1. The minimum Gasteiger partial charge on any atom is -0.368 e. The van der Waals surface area contributed by atoms with Gasteiger partial charge in [-0.05, 0) is 26.7 Å². The molecule has 0 saturated heterocycles. The van der Waals surface area contributed by atoms with Crippen LogP contribution >= 0.6 is 0 Å². The molecule has 12 heavy (non-hydrogen) atoms. The molecule has 0 radical (unpaired) electrons. The maximum Gasteiger partial charge on any atom is 0.238 e. The second kappa shape index (κ2) is 2.45. The van der Waals surface area contributed by atoms with Gasteiger partial charge >= 0.3 is 0 Å². The summed E-state index contributed by atoms with van der Waals surface area (Å²) < 4.78 is 21.7. The van der Waals surface area contributed by atoms with Crippen LogP contribution in [0.3, 0.4) is 0 Å². The van der Waals surface area contributed by atoms with Crippen molar-refractivity contribution in [2.45, 2.75) is 36.7 Å². The second-order valence-electron chi connectivity index (χ2n) is 3.62. The molecule has 0 spiro atoms. The van der Waals surface area contributed by atoms with Crippen LogP contribution in [-0.2, 0) is 14.6 Å². The molecule has 1 fully saturated rings. The van der Waals surface area contributed by atoms with Crippen molar-refractivity contribution < 1.29 is 13.2 Å². The van der Waals surface area contributed by atoms with Gasteiger partial charge in [-0.2, -0.15) is 0 Å². The van der Waals surface area contributed by atoms with Gasteiger partial charge in [0.05, 0.1) is 5.25 Å². The maximum atomic E-state index is 11.6. The number of hydrogen-bond acceptors (Lipinski definition) is 3. The summed E-state index contributed by atoms with van der Waals surface area (Å²) >= 11 is 0. The monoisotopic (exact) mass is 191 g/mol. The van der Waals surface area contributed by atoms with Gasteiger partial charge in [-0.15, -0.1) is 0 Å². The van der Waals surface area contributed by atoms with Crippen LogP contribution in [0.1, 0.15) is 26.7 Å². The van der Waals surface area contributed by atoms with E-state index in [2.05, 4.69) is 0 Å². The lowest BCUT2D eigenvalue weighted by Crippen LogP contribution is -2.46. The first-order chi connectivity index (χ1) is 5.30. The molecule has 1 aliphatic carbocycles. The first kappa shape index (κ1) is 9.51. The fourth-order valence-corrected chi connectivity index (χ4v) is 2.81. The van der Waals surface area contributed by atoms with Crippen molar-refractivity contribution in [3.63, 3.8) is 0 Å². The smallest absolute Gasteiger partial charge is 0.238 e. The quantitative estimate of drug-likeness (QED) is 0.672. The summed E-state index contributed by atoms with van der Waals surface area (Å²) in [5.41, 5.74) is 5.00. The number of amides is 1. The summed E-state index contributed by atoms with van der Waals surface area (Å²) in [7, 11) is -3.34. The molecule has 0 atom stereocenters. The minimum absolute atomic E-state index is 0.333. The molecule has 5 heteroatoms. The van der Waals surface area contributed by atoms with E-state index < -0.39 is 20.5 Å². The van der Waals surface area contributed by atoms with Crippen molar-refractivity contribution >= 4 is 15.7 Å². The lowest BCUT2D eigenvalue weighted by molar-refractivity contribution is -0.119. The third-order valence-corrected chi connectivity index (χ3v) is 5.24. The van der Waals surface area contributed by atoms with Crippen molar-refractivity contribution in [3.05, 3.63) is 0 Å². The Morgan fingerprint density at radius 2 is 1.83 bits per heavy atom. The van der Waals surface area contributed by atoms with Crippen molar-refractivity contribution in [1.29, 1.82) is 0 Å². The lowest BCUT2D eigenvalue weighted by atomic mass is 10.2. The van der Waals surface area contributed by atoms with E-state index in [0.29, 0.717) is 12.8 Å². The van der Waals surface area contributed by atoms with Gasteiger partial charge in [0.25, 0.3) is 0 Å². The highest BCUT2D eigenvalue weighted by Gasteiger charge is 2.49. The standard InChI is InChI=1S/C7H13NO3S/c1-7(2,6(8)9)12(10,11)5-3-4-5/h5H,3-4H2,1-2H3,(H2,8,9). The first-order valence-corrected chi connectivity index (χ1v) is 5.38. The number of nitrogens with two attached hydrogens (primary N) is 1. The summed E-state index contributed by atoms with van der Waals surface area (Å²) in [6.45, 7) is 2.73. The van der Waals surface area contributed by atoms with E-state index in [-0.39, 0.29) is 5.25 Å². The number of carbonyl (C=O) groups is 1. The molecule has 0 aromatic rings. The summed E-state index contributed by atoms with van der Waals surface area (Å²) in [6, 6.07) is 0. The Kier molecular flexibility index (Phi) is 1.94. The zero-order valence-corrected chi connectivity index (χ0v) is 8.02. The Hall–Kier alpha value is -0.580. The highest BCUT2D eigenvalue weighted by molar-refractivity contribution is 7.94. The van der Waals surface area contributed by atoms with Gasteiger partial charge in [0, 0.05) is 0 Å². The molecule has 0 aromatic heterocycles. The molecule has 1 saturated carbocycles. The average Bonchev–Trinajstić information content (AvgIpc) is 2.66. The number of primary amides is 1. The zero-order chi connectivity index (χ0) is 9.57. The zero-order valence-electron chi connectivity index (χ0n) is 7.20.